The van der Waals surface area contributed by atoms with Gasteiger partial charge in [-0.25, -0.2) is 9.97 Å². The molecular formula is C24H34ClN7O2. The summed E-state index contributed by atoms with van der Waals surface area (Å²) in [5, 5.41) is 17.1. The molecule has 1 saturated carbocycles. The van der Waals surface area contributed by atoms with E-state index in [4.69, 9.17) is 22.3 Å². The number of carbonyl (C=O) groups is 1. The van der Waals surface area contributed by atoms with E-state index in [0.717, 1.165) is 57.5 Å². The zero-order valence-corrected chi connectivity index (χ0v) is 20.6. The van der Waals surface area contributed by atoms with Gasteiger partial charge in [0.15, 0.2) is 11.5 Å². The second-order valence-corrected chi connectivity index (χ2v) is 9.63. The molecular weight excluding hydrogens is 454 g/mol. The van der Waals surface area contributed by atoms with Crippen LogP contribution in [0.2, 0.25) is 5.02 Å². The van der Waals surface area contributed by atoms with Crippen LogP contribution in [-0.2, 0) is 6.42 Å². The minimum Gasteiger partial charge on any atom is -0.393 e. The van der Waals surface area contributed by atoms with Crippen molar-refractivity contribution in [3.8, 4) is 0 Å². The molecule has 0 unspecified atom stereocenters. The summed E-state index contributed by atoms with van der Waals surface area (Å²) in [6, 6.07) is 5.96. The van der Waals surface area contributed by atoms with Crippen molar-refractivity contribution < 1.29 is 9.90 Å². The summed E-state index contributed by atoms with van der Waals surface area (Å²) in [5.41, 5.74) is 8.18. The van der Waals surface area contributed by atoms with E-state index in [1.807, 2.05) is 19.1 Å². The van der Waals surface area contributed by atoms with Gasteiger partial charge in [-0.15, -0.1) is 0 Å². The Labute approximate surface area is 205 Å². The van der Waals surface area contributed by atoms with Crippen LogP contribution in [0.3, 0.4) is 0 Å². The van der Waals surface area contributed by atoms with E-state index in [0.29, 0.717) is 34.5 Å². The number of benzene rings is 1. The Kier molecular flexibility index (Phi) is 7.75. The summed E-state index contributed by atoms with van der Waals surface area (Å²) in [6.07, 6.45) is 3.60. The summed E-state index contributed by atoms with van der Waals surface area (Å²) < 4.78 is 0. The van der Waals surface area contributed by atoms with Gasteiger partial charge >= 0.3 is 0 Å². The van der Waals surface area contributed by atoms with E-state index in [1.165, 1.54) is 0 Å². The maximum absolute atomic E-state index is 12.2. The molecule has 2 aromatic rings. The molecule has 4 rings (SSSR count). The van der Waals surface area contributed by atoms with Crippen molar-refractivity contribution in [3.63, 3.8) is 0 Å². The fourth-order valence-electron chi connectivity index (χ4n) is 4.53. The molecule has 2 fully saturated rings. The maximum Gasteiger partial charge on any atom is 0.271 e. The highest BCUT2D eigenvalue weighted by Crippen LogP contribution is 2.30. The van der Waals surface area contributed by atoms with E-state index >= 15 is 0 Å². The van der Waals surface area contributed by atoms with Gasteiger partial charge in [-0.05, 0) is 57.4 Å². The normalized spacial score (nSPS) is 21.4. The van der Waals surface area contributed by atoms with Crippen LogP contribution in [0.5, 0.6) is 0 Å². The molecule has 1 aliphatic carbocycles. The molecule has 0 atom stereocenters. The highest BCUT2D eigenvalue weighted by atomic mass is 35.5. The van der Waals surface area contributed by atoms with Crippen molar-refractivity contribution in [2.45, 2.75) is 51.2 Å². The third-order valence-electron chi connectivity index (χ3n) is 6.59. The number of rotatable bonds is 7. The fourth-order valence-corrected chi connectivity index (χ4v) is 4.76. The van der Waals surface area contributed by atoms with Crippen molar-refractivity contribution in [3.05, 3.63) is 34.6 Å². The monoisotopic (exact) mass is 487 g/mol. The zero-order valence-electron chi connectivity index (χ0n) is 19.9. The number of nitrogens with one attached hydrogen (secondary N) is 2. The van der Waals surface area contributed by atoms with Gasteiger partial charge in [0.05, 0.1) is 11.8 Å². The van der Waals surface area contributed by atoms with Crippen molar-refractivity contribution in [2.24, 2.45) is 5.73 Å². The fraction of sp³-hybridized carbons (Fsp3) is 0.542. The Balaban J connectivity index is 1.62. The van der Waals surface area contributed by atoms with Crippen molar-refractivity contribution >= 4 is 40.5 Å². The Morgan fingerprint density at radius 1 is 1.12 bits per heavy atom. The van der Waals surface area contributed by atoms with Crippen LogP contribution in [0, 0.1) is 0 Å². The number of hydrogen-bond acceptors (Lipinski definition) is 8. The Bertz CT molecular complexity index is 1020. The number of amides is 1. The largest absolute Gasteiger partial charge is 0.393 e. The summed E-state index contributed by atoms with van der Waals surface area (Å²) >= 11 is 6.45. The molecule has 0 bridgehead atoms. The minimum absolute atomic E-state index is 0.0996. The van der Waals surface area contributed by atoms with E-state index in [-0.39, 0.29) is 17.8 Å². The van der Waals surface area contributed by atoms with Crippen molar-refractivity contribution in [1.29, 1.82) is 0 Å². The number of anilines is 4. The molecule has 184 valence electrons. The van der Waals surface area contributed by atoms with Crippen LogP contribution >= 0.6 is 11.6 Å². The van der Waals surface area contributed by atoms with E-state index in [1.54, 1.807) is 6.07 Å². The quantitative estimate of drug-likeness (QED) is 0.470. The maximum atomic E-state index is 12.2. The van der Waals surface area contributed by atoms with E-state index in [2.05, 4.69) is 32.5 Å². The number of halogens is 1. The van der Waals surface area contributed by atoms with Crippen LogP contribution in [0.4, 0.5) is 23.0 Å². The number of likely N-dealkylation sites (N-methyl/N-ethyl adjacent to an activating group) is 1. The van der Waals surface area contributed by atoms with E-state index < -0.39 is 5.91 Å². The molecule has 9 nitrogen and oxygen atoms in total. The lowest BCUT2D eigenvalue weighted by molar-refractivity contribution is 0.0996. The molecule has 10 heteroatoms. The average Bonchev–Trinajstić information content (AvgIpc) is 2.80. The molecule has 0 radical (unpaired) electrons. The number of aromatic nitrogens is 2. The minimum atomic E-state index is -0.640. The predicted molar refractivity (Wildman–Crippen MR) is 136 cm³/mol. The highest BCUT2D eigenvalue weighted by molar-refractivity contribution is 6.31. The smallest absolute Gasteiger partial charge is 0.271 e. The first-order chi connectivity index (χ1) is 16.3. The van der Waals surface area contributed by atoms with Gasteiger partial charge in [0.25, 0.3) is 5.91 Å². The van der Waals surface area contributed by atoms with Gasteiger partial charge in [-0.3, -0.25) is 4.79 Å². The first-order valence-electron chi connectivity index (χ1n) is 12.0. The molecule has 34 heavy (non-hydrogen) atoms. The van der Waals surface area contributed by atoms with Gasteiger partial charge in [-0.1, -0.05) is 18.5 Å². The Hall–Kier alpha value is -2.62. The Morgan fingerprint density at radius 3 is 2.47 bits per heavy atom. The number of hydrogen-bond donors (Lipinski definition) is 4. The average molecular weight is 488 g/mol. The summed E-state index contributed by atoms with van der Waals surface area (Å²) in [6.45, 7) is 5.77. The number of carbonyl (C=O) groups excluding carboxylic acids is 1. The number of nitrogens with two attached hydrogens (primary N) is 1. The lowest BCUT2D eigenvalue weighted by Gasteiger charge is -2.34. The number of piperazine rings is 1. The van der Waals surface area contributed by atoms with Gasteiger partial charge < -0.3 is 31.3 Å². The second-order valence-electron chi connectivity index (χ2n) is 9.20. The number of aryl methyl sites for hydroxylation is 1. The summed E-state index contributed by atoms with van der Waals surface area (Å²) in [4.78, 5) is 26.1. The standard InChI is InChI=1S/C24H34ClN7O2/c1-3-20-23(27-16-4-6-19(33)7-5-16)30-24(21(29-20)22(26)34)28-17-12-15(25)13-18(14-17)32-10-8-31(2)9-11-32/h12-14,16,19,33H,3-11H2,1-2H3,(H2,26,34)(H2,27,28,30)/t16-,19-. The zero-order chi connectivity index (χ0) is 24.2. The number of aliphatic hydroxyl groups excluding tert-OH is 1. The summed E-state index contributed by atoms with van der Waals surface area (Å²) in [5.74, 6) is 0.297. The lowest BCUT2D eigenvalue weighted by atomic mass is 9.93. The number of nitrogens with zero attached hydrogens (tertiary/aromatic N) is 4. The van der Waals surface area contributed by atoms with Crippen LogP contribution < -0.4 is 21.3 Å². The predicted octanol–water partition coefficient (Wildman–Crippen LogP) is 3.00. The molecule has 1 aromatic carbocycles. The molecule has 2 heterocycles. The van der Waals surface area contributed by atoms with Gasteiger partial charge in [-0.2, -0.15) is 0 Å². The van der Waals surface area contributed by atoms with Crippen molar-refractivity contribution in [2.75, 3.05) is 48.8 Å². The third-order valence-corrected chi connectivity index (χ3v) is 6.81. The molecule has 1 aromatic heterocycles. The van der Waals surface area contributed by atoms with Crippen molar-refractivity contribution in [1.82, 2.24) is 14.9 Å². The molecule has 1 aliphatic heterocycles. The lowest BCUT2D eigenvalue weighted by Crippen LogP contribution is -2.44. The summed E-state index contributed by atoms with van der Waals surface area (Å²) in [7, 11) is 2.12. The van der Waals surface area contributed by atoms with Gasteiger partial charge in [0.2, 0.25) is 0 Å². The number of primary amides is 1. The third kappa shape index (κ3) is 5.89. The second kappa shape index (κ2) is 10.8. The van der Waals surface area contributed by atoms with E-state index in [9.17, 15) is 9.90 Å². The molecule has 1 saturated heterocycles. The molecule has 1 amide bonds. The van der Waals surface area contributed by atoms with Gasteiger partial charge in [0.1, 0.15) is 5.82 Å². The SMILES string of the molecule is CCc1nc(C(N)=O)c(Nc2cc(Cl)cc(N3CCN(C)CC3)c2)nc1N[C@H]1CC[C@H](O)CC1. The van der Waals surface area contributed by atoms with Crippen LogP contribution in [-0.4, -0.2) is 71.3 Å². The molecule has 0 spiro atoms. The Morgan fingerprint density at radius 2 is 1.82 bits per heavy atom. The first kappa shape index (κ1) is 24.5. The highest BCUT2D eigenvalue weighted by Gasteiger charge is 2.23. The molecule has 5 N–H and O–H groups in total. The van der Waals surface area contributed by atoms with Crippen LogP contribution in [0.1, 0.15) is 48.8 Å². The first-order valence-corrected chi connectivity index (χ1v) is 12.4. The van der Waals surface area contributed by atoms with Crippen LogP contribution in [0.25, 0.3) is 0 Å². The molecule has 2 aliphatic rings. The topological polar surface area (TPSA) is 120 Å². The number of aliphatic hydroxyl groups is 1. The van der Waals surface area contributed by atoms with Crippen LogP contribution in [0.15, 0.2) is 18.2 Å². The van der Waals surface area contributed by atoms with Gasteiger partial charge in [0, 0.05) is 48.6 Å².